The van der Waals surface area contributed by atoms with Gasteiger partial charge in [-0.1, -0.05) is 23.2 Å². The molecular weight excluding hydrogens is 484 g/mol. The van der Waals surface area contributed by atoms with Gasteiger partial charge in [-0.2, -0.15) is 0 Å². The summed E-state index contributed by atoms with van der Waals surface area (Å²) in [5, 5.41) is 7.54. The van der Waals surface area contributed by atoms with Crippen LogP contribution in [-0.4, -0.2) is 45.0 Å². The van der Waals surface area contributed by atoms with Crippen LogP contribution in [-0.2, 0) is 16.3 Å². The second-order valence-corrected chi connectivity index (χ2v) is 8.63. The van der Waals surface area contributed by atoms with Crippen molar-refractivity contribution in [3.63, 3.8) is 0 Å². The summed E-state index contributed by atoms with van der Waals surface area (Å²) in [6, 6.07) is 5.36. The zero-order valence-corrected chi connectivity index (χ0v) is 18.0. The number of nitrogens with zero attached hydrogens (tertiary/aromatic N) is 1. The molecule has 1 aliphatic heterocycles. The van der Waals surface area contributed by atoms with Gasteiger partial charge in [0.15, 0.2) is 15.8 Å². The minimum atomic E-state index is -2.90. The van der Waals surface area contributed by atoms with E-state index < -0.39 is 9.84 Å². The first-order valence-electron chi connectivity index (χ1n) is 7.58. The Morgan fingerprint density at radius 2 is 1.96 bits per heavy atom. The van der Waals surface area contributed by atoms with E-state index in [1.54, 1.807) is 6.07 Å². The molecule has 0 bridgehead atoms. The Labute approximate surface area is 170 Å². The summed E-state index contributed by atoms with van der Waals surface area (Å²) < 4.78 is 23.0. The van der Waals surface area contributed by atoms with Gasteiger partial charge in [-0.05, 0) is 43.5 Å². The Morgan fingerprint density at radius 1 is 1.29 bits per heavy atom. The molecule has 1 aromatic carbocycles. The minimum absolute atomic E-state index is 0. The first-order valence-corrected chi connectivity index (χ1v) is 10.2. The maximum atomic E-state index is 11.5. The molecule has 1 aromatic rings. The van der Waals surface area contributed by atoms with Crippen LogP contribution in [0, 0.1) is 0 Å². The van der Waals surface area contributed by atoms with Crippen LogP contribution in [0.25, 0.3) is 0 Å². The summed E-state index contributed by atoms with van der Waals surface area (Å²) >= 11 is 12.0. The molecule has 24 heavy (non-hydrogen) atoms. The maximum absolute atomic E-state index is 11.5. The van der Waals surface area contributed by atoms with Crippen molar-refractivity contribution >= 4 is 63.0 Å². The topological polar surface area (TPSA) is 70.6 Å². The monoisotopic (exact) mass is 505 g/mol. The summed E-state index contributed by atoms with van der Waals surface area (Å²) in [6.07, 6.45) is 1.33. The molecule has 1 heterocycles. The SMILES string of the molecule is CCNC(=NCCc1cc(Cl)cc(Cl)c1)NC1CCS(=O)(=O)C1.I. The minimum Gasteiger partial charge on any atom is -0.357 e. The van der Waals surface area contributed by atoms with Crippen LogP contribution in [0.1, 0.15) is 18.9 Å². The lowest BCUT2D eigenvalue weighted by Crippen LogP contribution is -2.44. The largest absolute Gasteiger partial charge is 0.357 e. The fourth-order valence-corrected chi connectivity index (χ4v) is 4.72. The van der Waals surface area contributed by atoms with E-state index >= 15 is 0 Å². The molecule has 1 saturated heterocycles. The molecule has 1 atom stereocenters. The number of benzene rings is 1. The van der Waals surface area contributed by atoms with Gasteiger partial charge in [0, 0.05) is 29.2 Å². The number of rotatable bonds is 5. The molecule has 1 aliphatic rings. The van der Waals surface area contributed by atoms with Crippen molar-refractivity contribution < 1.29 is 8.42 Å². The van der Waals surface area contributed by atoms with Gasteiger partial charge in [-0.25, -0.2) is 8.42 Å². The quantitative estimate of drug-likeness (QED) is 0.366. The van der Waals surface area contributed by atoms with E-state index in [0.717, 1.165) is 5.56 Å². The smallest absolute Gasteiger partial charge is 0.191 e. The predicted octanol–water partition coefficient (Wildman–Crippen LogP) is 2.90. The summed E-state index contributed by atoms with van der Waals surface area (Å²) in [6.45, 7) is 3.25. The molecule has 0 saturated carbocycles. The highest BCUT2D eigenvalue weighted by atomic mass is 127. The van der Waals surface area contributed by atoms with Crippen LogP contribution in [0.15, 0.2) is 23.2 Å². The van der Waals surface area contributed by atoms with Gasteiger partial charge in [0.1, 0.15) is 0 Å². The van der Waals surface area contributed by atoms with Crippen LogP contribution in [0.3, 0.4) is 0 Å². The number of hydrogen-bond donors (Lipinski definition) is 2. The lowest BCUT2D eigenvalue weighted by Gasteiger charge is -2.15. The van der Waals surface area contributed by atoms with Gasteiger partial charge in [0.2, 0.25) is 0 Å². The van der Waals surface area contributed by atoms with Crippen molar-refractivity contribution in [2.75, 3.05) is 24.6 Å². The number of hydrogen-bond acceptors (Lipinski definition) is 3. The molecule has 0 radical (unpaired) electrons. The van der Waals surface area contributed by atoms with E-state index in [4.69, 9.17) is 23.2 Å². The molecule has 9 heteroatoms. The van der Waals surface area contributed by atoms with E-state index in [-0.39, 0.29) is 41.5 Å². The highest BCUT2D eigenvalue weighted by molar-refractivity contribution is 14.0. The second-order valence-electron chi connectivity index (χ2n) is 5.53. The zero-order chi connectivity index (χ0) is 16.9. The van der Waals surface area contributed by atoms with E-state index in [1.807, 2.05) is 19.1 Å². The van der Waals surface area contributed by atoms with Crippen molar-refractivity contribution in [1.29, 1.82) is 0 Å². The van der Waals surface area contributed by atoms with Crippen molar-refractivity contribution in [3.8, 4) is 0 Å². The Hall–Kier alpha value is -0.250. The molecule has 0 aliphatic carbocycles. The molecule has 5 nitrogen and oxygen atoms in total. The molecule has 136 valence electrons. The number of aliphatic imine (C=N–C) groups is 1. The van der Waals surface area contributed by atoms with E-state index in [1.165, 1.54) is 0 Å². The van der Waals surface area contributed by atoms with Gasteiger partial charge < -0.3 is 10.6 Å². The second kappa shape index (κ2) is 10.0. The van der Waals surface area contributed by atoms with Crippen molar-refractivity contribution in [1.82, 2.24) is 10.6 Å². The molecule has 0 aromatic heterocycles. The van der Waals surface area contributed by atoms with Gasteiger partial charge in [-0.15, -0.1) is 24.0 Å². The third kappa shape index (κ3) is 7.33. The molecule has 1 fully saturated rings. The summed E-state index contributed by atoms with van der Waals surface area (Å²) in [7, 11) is -2.90. The van der Waals surface area contributed by atoms with Crippen molar-refractivity contribution in [2.24, 2.45) is 4.99 Å². The van der Waals surface area contributed by atoms with Gasteiger partial charge in [0.05, 0.1) is 11.5 Å². The fourth-order valence-electron chi connectivity index (χ4n) is 2.47. The number of sulfone groups is 1. The highest BCUT2D eigenvalue weighted by Gasteiger charge is 2.28. The van der Waals surface area contributed by atoms with Crippen LogP contribution in [0.4, 0.5) is 0 Å². The van der Waals surface area contributed by atoms with Crippen LogP contribution in [0.5, 0.6) is 0 Å². The third-order valence-corrected chi connectivity index (χ3v) is 5.71. The third-order valence-electron chi connectivity index (χ3n) is 3.51. The standard InChI is InChI=1S/C15H21Cl2N3O2S.HI/c1-2-18-15(20-14-4-6-23(21,22)10-14)19-5-3-11-7-12(16)9-13(17)8-11;/h7-9,14H,2-6,10H2,1H3,(H2,18,19,20);1H. The van der Waals surface area contributed by atoms with Gasteiger partial charge >= 0.3 is 0 Å². The number of guanidine groups is 1. The molecule has 0 amide bonds. The van der Waals surface area contributed by atoms with Crippen LogP contribution < -0.4 is 10.6 Å². The Kier molecular flexibility index (Phi) is 9.11. The lowest BCUT2D eigenvalue weighted by atomic mass is 10.1. The molecule has 2 rings (SSSR count). The van der Waals surface area contributed by atoms with Gasteiger partial charge in [0.25, 0.3) is 0 Å². The van der Waals surface area contributed by atoms with Gasteiger partial charge in [-0.3, -0.25) is 4.99 Å². The summed E-state index contributed by atoms with van der Waals surface area (Å²) in [5.41, 5.74) is 1.02. The number of nitrogens with one attached hydrogen (secondary N) is 2. The predicted molar refractivity (Wildman–Crippen MR) is 112 cm³/mol. The summed E-state index contributed by atoms with van der Waals surface area (Å²) in [5.74, 6) is 1.05. The lowest BCUT2D eigenvalue weighted by molar-refractivity contribution is 0.599. The fraction of sp³-hybridized carbons (Fsp3) is 0.533. The van der Waals surface area contributed by atoms with Crippen LogP contribution >= 0.6 is 47.2 Å². The average molecular weight is 506 g/mol. The van der Waals surface area contributed by atoms with Crippen molar-refractivity contribution in [3.05, 3.63) is 33.8 Å². The first kappa shape index (κ1) is 21.8. The highest BCUT2D eigenvalue weighted by Crippen LogP contribution is 2.19. The van der Waals surface area contributed by atoms with Crippen molar-refractivity contribution in [2.45, 2.75) is 25.8 Å². The molecule has 0 spiro atoms. The van der Waals surface area contributed by atoms with E-state index in [0.29, 0.717) is 41.9 Å². The van der Waals surface area contributed by atoms with Crippen LogP contribution in [0.2, 0.25) is 10.0 Å². The Balaban J connectivity index is 0.00000288. The Bertz CT molecular complexity index is 663. The average Bonchev–Trinajstić information content (AvgIpc) is 2.77. The van der Waals surface area contributed by atoms with E-state index in [9.17, 15) is 8.42 Å². The first-order chi connectivity index (χ1) is 10.9. The number of halogens is 3. The van der Waals surface area contributed by atoms with E-state index in [2.05, 4.69) is 15.6 Å². The molecule has 2 N–H and O–H groups in total. The molecule has 1 unspecified atom stereocenters. The summed E-state index contributed by atoms with van der Waals surface area (Å²) in [4.78, 5) is 4.49. The maximum Gasteiger partial charge on any atom is 0.191 e. The zero-order valence-electron chi connectivity index (χ0n) is 13.4. The Morgan fingerprint density at radius 3 is 2.50 bits per heavy atom. The molecular formula is C15H22Cl2IN3O2S. The normalized spacial score (nSPS) is 19.6.